The lowest BCUT2D eigenvalue weighted by atomic mass is 10.1. The Morgan fingerprint density at radius 3 is 2.54 bits per heavy atom. The minimum absolute atomic E-state index is 0.243. The molecular weight excluding hydrogens is 374 g/mol. The lowest BCUT2D eigenvalue weighted by Gasteiger charge is -2.10. The Hall–Kier alpha value is -2.84. The van der Waals surface area contributed by atoms with Crippen LogP contribution in [0.2, 0.25) is 0 Å². The van der Waals surface area contributed by atoms with Crippen molar-refractivity contribution in [1.82, 2.24) is 24.5 Å². The van der Waals surface area contributed by atoms with Gasteiger partial charge in [0, 0.05) is 22.9 Å². The zero-order chi connectivity index (χ0) is 19.9. The number of benzene rings is 2. The van der Waals surface area contributed by atoms with Gasteiger partial charge < -0.3 is 0 Å². The van der Waals surface area contributed by atoms with Gasteiger partial charge in [-0.05, 0) is 31.9 Å². The Balaban J connectivity index is 1.91. The van der Waals surface area contributed by atoms with Crippen LogP contribution >= 0.6 is 0 Å². The van der Waals surface area contributed by atoms with Crippen molar-refractivity contribution in [3.05, 3.63) is 53.7 Å². The van der Waals surface area contributed by atoms with Crippen molar-refractivity contribution in [2.75, 3.05) is 6.54 Å². The molecule has 8 heteroatoms. The molecule has 0 aliphatic carbocycles. The summed E-state index contributed by atoms with van der Waals surface area (Å²) in [6, 6.07) is 13.2. The Kier molecular flexibility index (Phi) is 4.60. The van der Waals surface area contributed by atoms with E-state index in [0.29, 0.717) is 29.1 Å². The number of fused-ring (bicyclic) bond motifs is 3. The molecule has 28 heavy (non-hydrogen) atoms. The molecule has 4 aromatic rings. The fraction of sp³-hybridized carbons (Fsp3) is 0.250. The average molecular weight is 395 g/mol. The Morgan fingerprint density at radius 1 is 1.04 bits per heavy atom. The van der Waals surface area contributed by atoms with Crippen LogP contribution in [-0.4, -0.2) is 34.8 Å². The van der Waals surface area contributed by atoms with Crippen LogP contribution in [0.25, 0.3) is 27.8 Å². The second-order valence-corrected chi connectivity index (χ2v) is 8.50. The molecular formula is C20H21N5O2S. The van der Waals surface area contributed by atoms with Gasteiger partial charge in [0.2, 0.25) is 10.0 Å². The van der Waals surface area contributed by atoms with Crippen LogP contribution in [0, 0.1) is 13.8 Å². The molecule has 1 N–H and O–H groups in total. The van der Waals surface area contributed by atoms with E-state index in [0.717, 1.165) is 22.9 Å². The van der Waals surface area contributed by atoms with Crippen molar-refractivity contribution < 1.29 is 8.42 Å². The smallest absolute Gasteiger partial charge is 0.211 e. The molecule has 7 nitrogen and oxygen atoms in total. The van der Waals surface area contributed by atoms with Crippen LogP contribution < -0.4 is 4.72 Å². The highest BCUT2D eigenvalue weighted by molar-refractivity contribution is 7.89. The maximum atomic E-state index is 12.7. The summed E-state index contributed by atoms with van der Waals surface area (Å²) in [6.45, 7) is 6.03. The number of rotatable bonds is 5. The number of nitrogens with one attached hydrogen (secondary N) is 1. The molecule has 0 aliphatic rings. The highest BCUT2D eigenvalue weighted by Gasteiger charge is 2.20. The Labute approximate surface area is 163 Å². The normalized spacial score (nSPS) is 12.1. The van der Waals surface area contributed by atoms with Crippen molar-refractivity contribution in [2.45, 2.75) is 32.1 Å². The zero-order valence-electron chi connectivity index (χ0n) is 16.0. The molecule has 0 fully saturated rings. The molecule has 2 aromatic carbocycles. The molecule has 4 rings (SSSR count). The molecule has 0 amide bonds. The summed E-state index contributed by atoms with van der Waals surface area (Å²) in [4.78, 5) is 0.243. The molecule has 0 aliphatic heterocycles. The topological polar surface area (TPSA) is 89.2 Å². The second-order valence-electron chi connectivity index (χ2n) is 6.77. The summed E-state index contributed by atoms with van der Waals surface area (Å²) >= 11 is 0. The highest BCUT2D eigenvalue weighted by atomic mass is 32.2. The first-order chi connectivity index (χ1) is 13.4. The molecule has 0 unspecified atom stereocenters. The van der Waals surface area contributed by atoms with E-state index in [-0.39, 0.29) is 4.90 Å². The summed E-state index contributed by atoms with van der Waals surface area (Å²) < 4.78 is 29.6. The van der Waals surface area contributed by atoms with Crippen molar-refractivity contribution in [3.63, 3.8) is 0 Å². The van der Waals surface area contributed by atoms with Gasteiger partial charge in [0.25, 0.3) is 0 Å². The van der Waals surface area contributed by atoms with Gasteiger partial charge in [-0.25, -0.2) is 13.1 Å². The second kappa shape index (κ2) is 6.96. The summed E-state index contributed by atoms with van der Waals surface area (Å²) in [5.74, 6) is 0.510. The maximum Gasteiger partial charge on any atom is 0.240 e. The number of aryl methyl sites for hydroxylation is 2. The van der Waals surface area contributed by atoms with Gasteiger partial charge in [-0.1, -0.05) is 43.3 Å². The van der Waals surface area contributed by atoms with Crippen molar-refractivity contribution in [2.24, 2.45) is 0 Å². The van der Waals surface area contributed by atoms with Gasteiger partial charge in [0.05, 0.1) is 10.6 Å². The molecule has 144 valence electrons. The summed E-state index contributed by atoms with van der Waals surface area (Å²) in [5, 5.41) is 15.2. The van der Waals surface area contributed by atoms with Crippen LogP contribution in [0.15, 0.2) is 47.4 Å². The molecule has 0 bridgehead atoms. The van der Waals surface area contributed by atoms with Gasteiger partial charge in [0.1, 0.15) is 0 Å². The van der Waals surface area contributed by atoms with E-state index in [9.17, 15) is 8.42 Å². The van der Waals surface area contributed by atoms with E-state index in [4.69, 9.17) is 0 Å². The van der Waals surface area contributed by atoms with Gasteiger partial charge in [-0.2, -0.15) is 9.61 Å². The SMILES string of the molecule is CCCNS(=O)(=O)c1cc(-c2nnc3c4ccccc4c(C)nn23)ccc1C. The van der Waals surface area contributed by atoms with Crippen LogP contribution in [0.3, 0.4) is 0 Å². The van der Waals surface area contributed by atoms with Gasteiger partial charge >= 0.3 is 0 Å². The third-order valence-corrected chi connectivity index (χ3v) is 6.33. The van der Waals surface area contributed by atoms with Crippen LogP contribution in [0.5, 0.6) is 0 Å². The average Bonchev–Trinajstić information content (AvgIpc) is 3.11. The van der Waals surface area contributed by atoms with Gasteiger partial charge in [-0.15, -0.1) is 10.2 Å². The summed E-state index contributed by atoms with van der Waals surface area (Å²) in [7, 11) is -3.59. The summed E-state index contributed by atoms with van der Waals surface area (Å²) in [5.41, 5.74) is 2.83. The first-order valence-electron chi connectivity index (χ1n) is 9.14. The van der Waals surface area contributed by atoms with E-state index in [2.05, 4.69) is 20.0 Å². The lowest BCUT2D eigenvalue weighted by molar-refractivity contribution is 0.580. The Bertz CT molecular complexity index is 1290. The number of hydrogen-bond donors (Lipinski definition) is 1. The van der Waals surface area contributed by atoms with E-state index in [1.807, 2.05) is 44.2 Å². The van der Waals surface area contributed by atoms with Crippen molar-refractivity contribution >= 4 is 26.4 Å². The molecule has 0 saturated heterocycles. The molecule has 0 atom stereocenters. The third-order valence-electron chi connectivity index (χ3n) is 4.73. The lowest BCUT2D eigenvalue weighted by Crippen LogP contribution is -2.25. The quantitative estimate of drug-likeness (QED) is 0.560. The fourth-order valence-corrected chi connectivity index (χ4v) is 4.67. The minimum atomic E-state index is -3.59. The highest BCUT2D eigenvalue weighted by Crippen LogP contribution is 2.27. The molecule has 2 aromatic heterocycles. The number of aromatic nitrogens is 4. The van der Waals surface area contributed by atoms with E-state index in [1.54, 1.807) is 23.6 Å². The fourth-order valence-electron chi connectivity index (χ4n) is 3.26. The number of hydrogen-bond acceptors (Lipinski definition) is 5. The zero-order valence-corrected chi connectivity index (χ0v) is 16.8. The van der Waals surface area contributed by atoms with Gasteiger partial charge in [-0.3, -0.25) is 0 Å². The first kappa shape index (κ1) is 18.5. The first-order valence-corrected chi connectivity index (χ1v) is 10.6. The largest absolute Gasteiger partial charge is 0.240 e. The van der Waals surface area contributed by atoms with E-state index >= 15 is 0 Å². The molecule has 2 heterocycles. The van der Waals surface area contributed by atoms with Crippen LogP contribution in [0.4, 0.5) is 0 Å². The molecule has 0 saturated carbocycles. The predicted molar refractivity (Wildman–Crippen MR) is 109 cm³/mol. The monoisotopic (exact) mass is 395 g/mol. The van der Waals surface area contributed by atoms with Crippen LogP contribution in [0.1, 0.15) is 24.6 Å². The molecule has 0 radical (unpaired) electrons. The third kappa shape index (κ3) is 3.04. The number of sulfonamides is 1. The standard InChI is InChI=1S/C20H21N5O2S/c1-4-11-21-28(26,27)18-12-15(10-9-13(18)2)19-22-23-20-17-8-6-5-7-16(17)14(3)24-25(19)20/h5-10,12,21H,4,11H2,1-3H3. The predicted octanol–water partition coefficient (Wildman–Crippen LogP) is 3.25. The van der Waals surface area contributed by atoms with Gasteiger partial charge in [0.15, 0.2) is 11.5 Å². The van der Waals surface area contributed by atoms with Crippen LogP contribution in [-0.2, 0) is 10.0 Å². The van der Waals surface area contributed by atoms with Crippen molar-refractivity contribution in [3.8, 4) is 11.4 Å². The minimum Gasteiger partial charge on any atom is -0.211 e. The maximum absolute atomic E-state index is 12.7. The van der Waals surface area contributed by atoms with E-state index < -0.39 is 10.0 Å². The van der Waals surface area contributed by atoms with Crippen molar-refractivity contribution in [1.29, 1.82) is 0 Å². The molecule has 0 spiro atoms. The Morgan fingerprint density at radius 2 is 1.79 bits per heavy atom. The van der Waals surface area contributed by atoms with E-state index in [1.165, 1.54) is 0 Å². The number of nitrogens with zero attached hydrogens (tertiary/aromatic N) is 4. The summed E-state index contributed by atoms with van der Waals surface area (Å²) in [6.07, 6.45) is 0.725.